The van der Waals surface area contributed by atoms with Gasteiger partial charge in [-0.25, -0.2) is 4.39 Å². The first-order valence-corrected chi connectivity index (χ1v) is 10.8. The molecule has 3 rings (SSSR count). The van der Waals surface area contributed by atoms with E-state index in [1.807, 2.05) is 12.1 Å². The second-order valence-electron chi connectivity index (χ2n) is 9.29. The van der Waals surface area contributed by atoms with Gasteiger partial charge in [0.25, 0.3) is 0 Å². The smallest absolute Gasteiger partial charge is 0.123 e. The molecule has 2 fully saturated rings. The second-order valence-corrected chi connectivity index (χ2v) is 10.0. The first-order valence-electron chi connectivity index (χ1n) is 10.3. The van der Waals surface area contributed by atoms with Gasteiger partial charge in [-0.1, -0.05) is 20.8 Å². The van der Waals surface area contributed by atoms with Crippen LogP contribution in [0.4, 0.5) is 10.1 Å². The third-order valence-corrected chi connectivity index (χ3v) is 6.22. The van der Waals surface area contributed by atoms with Gasteiger partial charge in [0.2, 0.25) is 0 Å². The van der Waals surface area contributed by atoms with Crippen molar-refractivity contribution in [3.05, 3.63) is 30.1 Å². The molecule has 0 N–H and O–H groups in total. The third kappa shape index (κ3) is 6.37. The lowest BCUT2D eigenvalue weighted by Gasteiger charge is -2.39. The molecule has 0 aromatic heterocycles. The molecule has 5 heteroatoms. The zero-order chi connectivity index (χ0) is 19.4. The summed E-state index contributed by atoms with van der Waals surface area (Å²) in [7, 11) is 0. The molecule has 1 aliphatic heterocycles. The zero-order valence-electron chi connectivity index (χ0n) is 17.0. The highest BCUT2D eigenvalue weighted by molar-refractivity contribution is 7.81. The SMILES string of the molecule is CC1CC(OCC(S)CN2CCN(c3ccc(F)cc3)CC2)CC(C)(C)C1. The number of ether oxygens (including phenoxy) is 1. The number of nitrogens with zero attached hydrogens (tertiary/aromatic N) is 2. The fourth-order valence-corrected chi connectivity index (χ4v) is 5.14. The van der Waals surface area contributed by atoms with Crippen LogP contribution in [0.25, 0.3) is 0 Å². The summed E-state index contributed by atoms with van der Waals surface area (Å²) in [5.74, 6) is 0.572. The largest absolute Gasteiger partial charge is 0.377 e. The maximum absolute atomic E-state index is 13.1. The third-order valence-electron chi connectivity index (χ3n) is 5.90. The van der Waals surface area contributed by atoms with Crippen molar-refractivity contribution in [1.82, 2.24) is 4.90 Å². The molecule has 0 bridgehead atoms. The second kappa shape index (κ2) is 9.15. The van der Waals surface area contributed by atoms with E-state index >= 15 is 0 Å². The van der Waals surface area contributed by atoms with Crippen molar-refractivity contribution in [1.29, 1.82) is 0 Å². The zero-order valence-corrected chi connectivity index (χ0v) is 17.9. The maximum Gasteiger partial charge on any atom is 0.123 e. The Morgan fingerprint density at radius 1 is 1.15 bits per heavy atom. The van der Waals surface area contributed by atoms with Crippen LogP contribution in [0.3, 0.4) is 0 Å². The molecule has 27 heavy (non-hydrogen) atoms. The number of hydrogen-bond acceptors (Lipinski definition) is 4. The molecule has 3 nitrogen and oxygen atoms in total. The molecule has 0 spiro atoms. The van der Waals surface area contributed by atoms with Crippen molar-refractivity contribution in [3.8, 4) is 0 Å². The van der Waals surface area contributed by atoms with Gasteiger partial charge in [0, 0.05) is 43.7 Å². The van der Waals surface area contributed by atoms with Gasteiger partial charge in [-0.05, 0) is 54.9 Å². The van der Waals surface area contributed by atoms with Gasteiger partial charge in [-0.3, -0.25) is 4.90 Å². The Hall–Kier alpha value is -0.780. The molecule has 1 saturated heterocycles. The van der Waals surface area contributed by atoms with Gasteiger partial charge in [-0.2, -0.15) is 12.6 Å². The Bertz CT molecular complexity index is 586. The number of piperazine rings is 1. The van der Waals surface area contributed by atoms with Gasteiger partial charge in [-0.15, -0.1) is 0 Å². The predicted octanol–water partition coefficient (Wildman–Crippen LogP) is 4.48. The molecule has 0 amide bonds. The summed E-state index contributed by atoms with van der Waals surface area (Å²) in [5.41, 5.74) is 1.50. The van der Waals surface area contributed by atoms with Gasteiger partial charge in [0.1, 0.15) is 5.82 Å². The molecule has 3 atom stereocenters. The van der Waals surface area contributed by atoms with Crippen molar-refractivity contribution in [2.45, 2.75) is 51.4 Å². The number of thiol groups is 1. The van der Waals surface area contributed by atoms with Crippen molar-refractivity contribution in [2.24, 2.45) is 11.3 Å². The van der Waals surface area contributed by atoms with Crippen LogP contribution in [0, 0.1) is 17.2 Å². The summed E-state index contributed by atoms with van der Waals surface area (Å²) in [6.07, 6.45) is 4.03. The van der Waals surface area contributed by atoms with Gasteiger partial charge in [0.15, 0.2) is 0 Å². The Labute approximate surface area is 169 Å². The molecule has 1 heterocycles. The minimum Gasteiger partial charge on any atom is -0.377 e. The molecular weight excluding hydrogens is 359 g/mol. The summed E-state index contributed by atoms with van der Waals surface area (Å²) < 4.78 is 19.3. The Morgan fingerprint density at radius 3 is 2.44 bits per heavy atom. The fraction of sp³-hybridized carbons (Fsp3) is 0.727. The van der Waals surface area contributed by atoms with Crippen LogP contribution < -0.4 is 4.90 Å². The van der Waals surface area contributed by atoms with E-state index in [9.17, 15) is 4.39 Å². The van der Waals surface area contributed by atoms with Crippen molar-refractivity contribution in [2.75, 3.05) is 44.2 Å². The first kappa shape index (κ1) is 20.9. The molecule has 1 saturated carbocycles. The predicted molar refractivity (Wildman–Crippen MR) is 114 cm³/mol. The van der Waals surface area contributed by atoms with E-state index in [4.69, 9.17) is 17.4 Å². The average molecular weight is 395 g/mol. The van der Waals surface area contributed by atoms with Crippen LogP contribution in [-0.2, 0) is 4.74 Å². The van der Waals surface area contributed by atoms with Crippen LogP contribution in [0.15, 0.2) is 24.3 Å². The number of halogens is 1. The lowest BCUT2D eigenvalue weighted by molar-refractivity contribution is -0.0237. The molecule has 0 radical (unpaired) electrons. The van der Waals surface area contributed by atoms with E-state index in [0.717, 1.165) is 57.4 Å². The summed E-state index contributed by atoms with van der Waals surface area (Å²) in [5, 5.41) is 0.253. The molecule has 2 aliphatic rings. The normalized spacial score (nSPS) is 27.5. The van der Waals surface area contributed by atoms with Crippen LogP contribution in [0.5, 0.6) is 0 Å². The van der Waals surface area contributed by atoms with E-state index in [0.29, 0.717) is 11.5 Å². The first-order chi connectivity index (χ1) is 12.8. The maximum atomic E-state index is 13.1. The van der Waals surface area contributed by atoms with Crippen LogP contribution in [0.2, 0.25) is 0 Å². The molecule has 3 unspecified atom stereocenters. The number of rotatable bonds is 6. The van der Waals surface area contributed by atoms with Gasteiger partial charge < -0.3 is 9.64 Å². The van der Waals surface area contributed by atoms with Crippen molar-refractivity contribution >= 4 is 18.3 Å². The molecule has 1 aromatic rings. The lowest BCUT2D eigenvalue weighted by atomic mass is 9.71. The summed E-state index contributed by atoms with van der Waals surface area (Å²) >= 11 is 4.79. The Morgan fingerprint density at radius 2 is 1.81 bits per heavy atom. The highest BCUT2D eigenvalue weighted by Gasteiger charge is 2.32. The number of benzene rings is 1. The Kier molecular flexibility index (Phi) is 7.09. The minimum absolute atomic E-state index is 0.175. The summed E-state index contributed by atoms with van der Waals surface area (Å²) in [6.45, 7) is 12.7. The average Bonchev–Trinajstić information content (AvgIpc) is 2.60. The van der Waals surface area contributed by atoms with Gasteiger partial charge in [0.05, 0.1) is 12.7 Å². The van der Waals surface area contributed by atoms with Crippen molar-refractivity contribution < 1.29 is 9.13 Å². The molecule has 1 aliphatic carbocycles. The molecule has 1 aromatic carbocycles. The van der Waals surface area contributed by atoms with E-state index < -0.39 is 0 Å². The topological polar surface area (TPSA) is 15.7 Å². The van der Waals surface area contributed by atoms with Crippen LogP contribution in [-0.4, -0.2) is 55.6 Å². The standard InChI is InChI=1S/C22H35FN2OS/c1-17-12-20(14-22(2,3)13-17)26-16-21(27)15-24-8-10-25(11-9-24)19-6-4-18(23)5-7-19/h4-7,17,20-21,27H,8-16H2,1-3H3. The molecular formula is C22H35FN2OS. The van der Waals surface area contributed by atoms with Crippen LogP contribution >= 0.6 is 12.6 Å². The van der Waals surface area contributed by atoms with E-state index in [1.54, 1.807) is 0 Å². The quantitative estimate of drug-likeness (QED) is 0.717. The minimum atomic E-state index is -0.175. The number of hydrogen-bond donors (Lipinski definition) is 1. The summed E-state index contributed by atoms with van der Waals surface area (Å²) in [4.78, 5) is 4.79. The van der Waals surface area contributed by atoms with E-state index in [1.165, 1.54) is 25.0 Å². The van der Waals surface area contributed by atoms with Crippen LogP contribution in [0.1, 0.15) is 40.0 Å². The molecule has 152 valence electrons. The highest BCUT2D eigenvalue weighted by Crippen LogP contribution is 2.39. The summed E-state index contributed by atoms with van der Waals surface area (Å²) in [6, 6.07) is 6.81. The fourth-order valence-electron chi connectivity index (χ4n) is 4.82. The van der Waals surface area contributed by atoms with Crippen molar-refractivity contribution in [3.63, 3.8) is 0 Å². The lowest BCUT2D eigenvalue weighted by Crippen LogP contribution is -2.48. The Balaban J connectivity index is 1.38. The van der Waals surface area contributed by atoms with E-state index in [2.05, 4.69) is 30.6 Å². The number of anilines is 1. The monoisotopic (exact) mass is 394 g/mol. The van der Waals surface area contributed by atoms with Gasteiger partial charge >= 0.3 is 0 Å². The van der Waals surface area contributed by atoms with E-state index in [-0.39, 0.29) is 11.1 Å². The highest BCUT2D eigenvalue weighted by atomic mass is 32.1.